The SMILES string of the molecule is CCC(=O)NC(C)c1nnc(C)s1. The van der Waals surface area contributed by atoms with Gasteiger partial charge in [0.15, 0.2) is 0 Å². The van der Waals surface area contributed by atoms with Gasteiger partial charge in [-0.05, 0) is 13.8 Å². The molecule has 1 heterocycles. The Morgan fingerprint density at radius 2 is 2.31 bits per heavy atom. The summed E-state index contributed by atoms with van der Waals surface area (Å²) in [6.07, 6.45) is 0.502. The maximum absolute atomic E-state index is 11.0. The van der Waals surface area contributed by atoms with E-state index in [1.807, 2.05) is 20.8 Å². The van der Waals surface area contributed by atoms with Gasteiger partial charge in [-0.1, -0.05) is 18.3 Å². The predicted octanol–water partition coefficient (Wildman–Crippen LogP) is 1.43. The lowest BCUT2D eigenvalue weighted by Gasteiger charge is -2.08. The molecule has 1 amide bonds. The Morgan fingerprint density at radius 3 is 2.77 bits per heavy atom. The lowest BCUT2D eigenvalue weighted by atomic mass is 10.3. The molecule has 0 aliphatic rings. The van der Waals surface area contributed by atoms with Crippen molar-refractivity contribution in [2.45, 2.75) is 33.2 Å². The minimum atomic E-state index is -0.0290. The number of amides is 1. The molecule has 1 N–H and O–H groups in total. The van der Waals surface area contributed by atoms with E-state index >= 15 is 0 Å². The first-order valence-electron chi connectivity index (χ1n) is 4.22. The maximum atomic E-state index is 11.0. The molecular formula is C8H13N3OS. The second kappa shape index (κ2) is 4.32. The van der Waals surface area contributed by atoms with Gasteiger partial charge in [-0.3, -0.25) is 4.79 Å². The number of carbonyl (C=O) groups excluding carboxylic acids is 1. The van der Waals surface area contributed by atoms with E-state index in [9.17, 15) is 4.79 Å². The van der Waals surface area contributed by atoms with Crippen molar-refractivity contribution in [3.8, 4) is 0 Å². The highest BCUT2D eigenvalue weighted by Crippen LogP contribution is 2.16. The molecule has 1 atom stereocenters. The van der Waals surface area contributed by atoms with Crippen molar-refractivity contribution in [3.63, 3.8) is 0 Å². The topological polar surface area (TPSA) is 54.9 Å². The molecule has 1 unspecified atom stereocenters. The monoisotopic (exact) mass is 199 g/mol. The second-order valence-electron chi connectivity index (χ2n) is 2.80. The molecule has 1 aromatic heterocycles. The van der Waals surface area contributed by atoms with E-state index in [1.165, 1.54) is 11.3 Å². The fourth-order valence-corrected chi connectivity index (χ4v) is 1.59. The summed E-state index contributed by atoms with van der Waals surface area (Å²) in [6, 6.07) is -0.0290. The summed E-state index contributed by atoms with van der Waals surface area (Å²) in [4.78, 5) is 11.0. The molecule has 0 aliphatic heterocycles. The average Bonchev–Trinajstić information content (AvgIpc) is 2.51. The molecule has 4 nitrogen and oxygen atoms in total. The number of aryl methyl sites for hydroxylation is 1. The summed E-state index contributed by atoms with van der Waals surface area (Å²) in [5.41, 5.74) is 0. The first kappa shape index (κ1) is 10.1. The zero-order valence-electron chi connectivity index (χ0n) is 8.00. The summed E-state index contributed by atoms with van der Waals surface area (Å²) in [7, 11) is 0. The van der Waals surface area contributed by atoms with E-state index in [0.29, 0.717) is 6.42 Å². The second-order valence-corrected chi connectivity index (χ2v) is 4.02. The molecule has 0 fully saturated rings. The normalized spacial score (nSPS) is 12.5. The number of carbonyl (C=O) groups is 1. The van der Waals surface area contributed by atoms with Crippen molar-refractivity contribution in [2.75, 3.05) is 0 Å². The van der Waals surface area contributed by atoms with E-state index in [4.69, 9.17) is 0 Å². The highest BCUT2D eigenvalue weighted by Gasteiger charge is 2.11. The number of nitrogens with one attached hydrogen (secondary N) is 1. The first-order valence-corrected chi connectivity index (χ1v) is 5.04. The van der Waals surface area contributed by atoms with E-state index in [1.54, 1.807) is 0 Å². The number of aromatic nitrogens is 2. The van der Waals surface area contributed by atoms with Crippen molar-refractivity contribution in [1.29, 1.82) is 0 Å². The van der Waals surface area contributed by atoms with Gasteiger partial charge < -0.3 is 5.32 Å². The average molecular weight is 199 g/mol. The molecule has 0 bridgehead atoms. The molecule has 1 aromatic rings. The van der Waals surface area contributed by atoms with E-state index in [2.05, 4.69) is 15.5 Å². The molecule has 0 aliphatic carbocycles. The Bertz CT molecular complexity index is 297. The lowest BCUT2D eigenvalue weighted by molar-refractivity contribution is -0.121. The van der Waals surface area contributed by atoms with Crippen LogP contribution < -0.4 is 5.32 Å². The van der Waals surface area contributed by atoms with Crippen molar-refractivity contribution in [3.05, 3.63) is 10.0 Å². The van der Waals surface area contributed by atoms with Crippen LogP contribution in [-0.4, -0.2) is 16.1 Å². The van der Waals surface area contributed by atoms with E-state index in [0.717, 1.165) is 10.0 Å². The van der Waals surface area contributed by atoms with Crippen molar-refractivity contribution in [2.24, 2.45) is 0 Å². The third-order valence-electron chi connectivity index (χ3n) is 1.61. The van der Waals surface area contributed by atoms with Crippen LogP contribution in [0.3, 0.4) is 0 Å². The third kappa shape index (κ3) is 2.77. The number of rotatable bonds is 3. The van der Waals surface area contributed by atoms with Crippen LogP contribution in [0.1, 0.15) is 36.3 Å². The molecule has 0 spiro atoms. The molecule has 0 aromatic carbocycles. The molecule has 1 rings (SSSR count). The predicted molar refractivity (Wildman–Crippen MR) is 51.5 cm³/mol. The molecule has 0 radical (unpaired) electrons. The van der Waals surface area contributed by atoms with Crippen LogP contribution >= 0.6 is 11.3 Å². The molecule has 13 heavy (non-hydrogen) atoms. The number of hydrogen-bond donors (Lipinski definition) is 1. The Morgan fingerprint density at radius 1 is 1.62 bits per heavy atom. The smallest absolute Gasteiger partial charge is 0.220 e. The van der Waals surface area contributed by atoms with Crippen LogP contribution in [0.2, 0.25) is 0 Å². The van der Waals surface area contributed by atoms with Crippen molar-refractivity contribution in [1.82, 2.24) is 15.5 Å². The number of hydrogen-bond acceptors (Lipinski definition) is 4. The highest BCUT2D eigenvalue weighted by molar-refractivity contribution is 7.11. The summed E-state index contributed by atoms with van der Waals surface area (Å²) < 4.78 is 0. The fourth-order valence-electron chi connectivity index (χ4n) is 0.892. The third-order valence-corrected chi connectivity index (χ3v) is 2.63. The van der Waals surface area contributed by atoms with Crippen molar-refractivity contribution >= 4 is 17.2 Å². The standard InChI is InChI=1S/C8H13N3OS/c1-4-7(12)9-5(2)8-11-10-6(3)13-8/h5H,4H2,1-3H3,(H,9,12). The molecular weight excluding hydrogens is 186 g/mol. The van der Waals surface area contributed by atoms with E-state index < -0.39 is 0 Å². The van der Waals surface area contributed by atoms with Gasteiger partial charge in [-0.2, -0.15) is 0 Å². The minimum absolute atomic E-state index is 0.0290. The van der Waals surface area contributed by atoms with Crippen LogP contribution in [0.5, 0.6) is 0 Å². The van der Waals surface area contributed by atoms with Crippen LogP contribution in [0.15, 0.2) is 0 Å². The zero-order valence-corrected chi connectivity index (χ0v) is 8.81. The van der Waals surface area contributed by atoms with Gasteiger partial charge in [0.25, 0.3) is 0 Å². The Labute approximate surface area is 81.4 Å². The molecule has 0 saturated heterocycles. The summed E-state index contributed by atoms with van der Waals surface area (Å²) in [5.74, 6) is 0.0420. The number of nitrogens with zero attached hydrogens (tertiary/aromatic N) is 2. The quantitative estimate of drug-likeness (QED) is 0.801. The summed E-state index contributed by atoms with van der Waals surface area (Å²) in [6.45, 7) is 5.64. The summed E-state index contributed by atoms with van der Waals surface area (Å²) in [5, 5.41) is 12.5. The van der Waals surface area contributed by atoms with Gasteiger partial charge in [0, 0.05) is 6.42 Å². The Balaban J connectivity index is 2.58. The fraction of sp³-hybridized carbons (Fsp3) is 0.625. The first-order chi connectivity index (χ1) is 6.13. The lowest BCUT2D eigenvalue weighted by Crippen LogP contribution is -2.25. The van der Waals surface area contributed by atoms with Gasteiger partial charge in [-0.25, -0.2) is 0 Å². The van der Waals surface area contributed by atoms with Gasteiger partial charge in [-0.15, -0.1) is 10.2 Å². The largest absolute Gasteiger partial charge is 0.347 e. The Hall–Kier alpha value is -0.970. The molecule has 5 heteroatoms. The van der Waals surface area contributed by atoms with Crippen molar-refractivity contribution < 1.29 is 4.79 Å². The van der Waals surface area contributed by atoms with Crippen LogP contribution in [0.4, 0.5) is 0 Å². The summed E-state index contributed by atoms with van der Waals surface area (Å²) >= 11 is 1.51. The van der Waals surface area contributed by atoms with Crippen LogP contribution in [0.25, 0.3) is 0 Å². The molecule has 0 saturated carbocycles. The Kier molecular flexibility index (Phi) is 3.36. The van der Waals surface area contributed by atoms with Gasteiger partial charge in [0.05, 0.1) is 6.04 Å². The highest BCUT2D eigenvalue weighted by atomic mass is 32.1. The van der Waals surface area contributed by atoms with Crippen LogP contribution in [-0.2, 0) is 4.79 Å². The van der Waals surface area contributed by atoms with Gasteiger partial charge in [0.2, 0.25) is 5.91 Å². The molecule has 72 valence electrons. The van der Waals surface area contributed by atoms with E-state index in [-0.39, 0.29) is 11.9 Å². The van der Waals surface area contributed by atoms with Gasteiger partial charge in [0.1, 0.15) is 10.0 Å². The van der Waals surface area contributed by atoms with Crippen LogP contribution in [0, 0.1) is 6.92 Å². The minimum Gasteiger partial charge on any atom is -0.347 e. The maximum Gasteiger partial charge on any atom is 0.220 e. The van der Waals surface area contributed by atoms with Gasteiger partial charge >= 0.3 is 0 Å². The zero-order chi connectivity index (χ0) is 9.84.